The molecule has 3 heteroatoms. The van der Waals surface area contributed by atoms with Crippen LogP contribution in [0.5, 0.6) is 5.75 Å². The van der Waals surface area contributed by atoms with Crippen LogP contribution in [-0.4, -0.2) is 32.0 Å². The predicted molar refractivity (Wildman–Crippen MR) is 64.7 cm³/mol. The van der Waals surface area contributed by atoms with E-state index in [0.717, 1.165) is 11.3 Å². The van der Waals surface area contributed by atoms with Crippen molar-refractivity contribution in [2.75, 3.05) is 21.2 Å². The molecule has 0 spiro atoms. The van der Waals surface area contributed by atoms with Crippen LogP contribution in [0, 0.1) is 0 Å². The van der Waals surface area contributed by atoms with E-state index in [0.29, 0.717) is 0 Å². The van der Waals surface area contributed by atoms with Gasteiger partial charge in [0.25, 0.3) is 0 Å². The van der Waals surface area contributed by atoms with Gasteiger partial charge in [0, 0.05) is 19.7 Å². The first-order valence-electron chi connectivity index (χ1n) is 5.26. The fourth-order valence-electron chi connectivity index (χ4n) is 1.84. The normalized spacial score (nSPS) is 11.1. The molecule has 0 aliphatic rings. The maximum atomic E-state index is 12.1. The number of nitrogens with zero attached hydrogens (tertiary/aromatic N) is 1. The molecule has 0 heterocycles. The van der Waals surface area contributed by atoms with Gasteiger partial charge >= 0.3 is 0 Å². The van der Waals surface area contributed by atoms with Gasteiger partial charge in [-0.3, -0.25) is 4.79 Å². The van der Waals surface area contributed by atoms with E-state index in [2.05, 4.69) is 0 Å². The first kappa shape index (κ1) is 12.6. The number of hydrogen-bond acceptors (Lipinski definition) is 2. The van der Waals surface area contributed by atoms with Crippen LogP contribution in [0.3, 0.4) is 0 Å². The average Bonchev–Trinajstić information content (AvgIpc) is 2.27. The molecule has 16 heavy (non-hydrogen) atoms. The number of methoxy groups -OCH3 is 1. The van der Waals surface area contributed by atoms with Crippen molar-refractivity contribution >= 4 is 5.91 Å². The van der Waals surface area contributed by atoms with Crippen molar-refractivity contribution in [1.82, 2.24) is 4.90 Å². The summed E-state index contributed by atoms with van der Waals surface area (Å²) in [4.78, 5) is 13.7. The second-order valence-electron chi connectivity index (χ2n) is 4.52. The third-order valence-electron chi connectivity index (χ3n) is 2.72. The van der Waals surface area contributed by atoms with E-state index in [4.69, 9.17) is 4.74 Å². The van der Waals surface area contributed by atoms with Gasteiger partial charge < -0.3 is 9.64 Å². The largest absolute Gasteiger partial charge is 0.496 e. The lowest BCUT2D eigenvalue weighted by atomic mass is 9.82. The lowest BCUT2D eigenvalue weighted by molar-refractivity contribution is -0.133. The molecule has 0 atom stereocenters. The Morgan fingerprint density at radius 1 is 1.25 bits per heavy atom. The molecular weight excluding hydrogens is 202 g/mol. The van der Waals surface area contributed by atoms with Gasteiger partial charge in [-0.25, -0.2) is 0 Å². The van der Waals surface area contributed by atoms with Gasteiger partial charge in [-0.1, -0.05) is 18.2 Å². The van der Waals surface area contributed by atoms with E-state index in [1.54, 1.807) is 26.1 Å². The quantitative estimate of drug-likeness (QED) is 0.782. The monoisotopic (exact) mass is 221 g/mol. The molecule has 1 aromatic carbocycles. The third-order valence-corrected chi connectivity index (χ3v) is 2.72. The average molecular weight is 221 g/mol. The number of ether oxygens (including phenoxy) is 1. The summed E-state index contributed by atoms with van der Waals surface area (Å²) < 4.78 is 5.29. The number of carbonyl (C=O) groups excluding carboxylic acids is 1. The van der Waals surface area contributed by atoms with Gasteiger partial charge in [0.05, 0.1) is 12.5 Å². The lowest BCUT2D eigenvalue weighted by Crippen LogP contribution is -2.39. The van der Waals surface area contributed by atoms with Crippen LogP contribution < -0.4 is 4.74 Å². The van der Waals surface area contributed by atoms with Gasteiger partial charge in [0.1, 0.15) is 5.75 Å². The maximum absolute atomic E-state index is 12.1. The Balaban J connectivity index is 3.21. The van der Waals surface area contributed by atoms with Crippen LogP contribution >= 0.6 is 0 Å². The summed E-state index contributed by atoms with van der Waals surface area (Å²) in [5, 5.41) is 0. The van der Waals surface area contributed by atoms with E-state index in [1.807, 2.05) is 38.1 Å². The molecule has 0 saturated heterocycles. The van der Waals surface area contributed by atoms with Crippen molar-refractivity contribution in [3.63, 3.8) is 0 Å². The summed E-state index contributed by atoms with van der Waals surface area (Å²) in [7, 11) is 5.15. The Kier molecular flexibility index (Phi) is 3.58. The topological polar surface area (TPSA) is 29.5 Å². The minimum atomic E-state index is -0.573. The smallest absolute Gasteiger partial charge is 0.232 e. The zero-order valence-electron chi connectivity index (χ0n) is 10.6. The Morgan fingerprint density at radius 3 is 2.31 bits per heavy atom. The number of likely N-dealkylation sites (N-methyl/N-ethyl adjacent to an activating group) is 1. The molecule has 0 aromatic heterocycles. The van der Waals surface area contributed by atoms with Crippen LogP contribution in [0.15, 0.2) is 24.3 Å². The Bertz CT molecular complexity index is 383. The van der Waals surface area contributed by atoms with Crippen molar-refractivity contribution in [1.29, 1.82) is 0 Å². The van der Waals surface area contributed by atoms with Gasteiger partial charge in [0.15, 0.2) is 0 Å². The summed E-state index contributed by atoms with van der Waals surface area (Å²) in [6.45, 7) is 3.82. The Labute approximate surface area is 97.0 Å². The van der Waals surface area contributed by atoms with E-state index < -0.39 is 5.41 Å². The first-order valence-corrected chi connectivity index (χ1v) is 5.26. The summed E-state index contributed by atoms with van der Waals surface area (Å²) in [5.41, 5.74) is 0.340. The van der Waals surface area contributed by atoms with Gasteiger partial charge in [0.2, 0.25) is 5.91 Å². The molecule has 1 rings (SSSR count). The summed E-state index contributed by atoms with van der Waals surface area (Å²) in [6.07, 6.45) is 0. The van der Waals surface area contributed by atoms with Gasteiger partial charge in [-0.05, 0) is 19.9 Å². The Morgan fingerprint density at radius 2 is 1.81 bits per heavy atom. The van der Waals surface area contributed by atoms with Gasteiger partial charge in [-0.2, -0.15) is 0 Å². The molecular formula is C13H19NO2. The zero-order valence-corrected chi connectivity index (χ0v) is 10.6. The highest BCUT2D eigenvalue weighted by Crippen LogP contribution is 2.32. The van der Waals surface area contributed by atoms with Crippen LogP contribution in [0.25, 0.3) is 0 Å². The van der Waals surface area contributed by atoms with Crippen molar-refractivity contribution in [3.8, 4) is 5.75 Å². The van der Waals surface area contributed by atoms with Crippen molar-refractivity contribution in [3.05, 3.63) is 29.8 Å². The molecule has 3 nitrogen and oxygen atoms in total. The fourth-order valence-corrected chi connectivity index (χ4v) is 1.84. The molecule has 0 aliphatic carbocycles. The number of amides is 1. The highest BCUT2D eigenvalue weighted by molar-refractivity contribution is 5.87. The molecule has 0 unspecified atom stereocenters. The van der Waals surface area contributed by atoms with Crippen molar-refractivity contribution in [2.24, 2.45) is 0 Å². The van der Waals surface area contributed by atoms with E-state index in [9.17, 15) is 4.79 Å². The highest BCUT2D eigenvalue weighted by atomic mass is 16.5. The van der Waals surface area contributed by atoms with E-state index in [1.165, 1.54) is 0 Å². The highest BCUT2D eigenvalue weighted by Gasteiger charge is 2.33. The number of rotatable bonds is 3. The molecule has 0 saturated carbocycles. The second kappa shape index (κ2) is 4.56. The van der Waals surface area contributed by atoms with Crippen LogP contribution in [0.4, 0.5) is 0 Å². The van der Waals surface area contributed by atoms with Gasteiger partial charge in [-0.15, -0.1) is 0 Å². The van der Waals surface area contributed by atoms with E-state index in [-0.39, 0.29) is 5.91 Å². The third kappa shape index (κ3) is 2.18. The number of benzene rings is 1. The number of carbonyl (C=O) groups is 1. The Hall–Kier alpha value is -1.51. The van der Waals surface area contributed by atoms with Crippen molar-refractivity contribution < 1.29 is 9.53 Å². The van der Waals surface area contributed by atoms with Crippen molar-refractivity contribution in [2.45, 2.75) is 19.3 Å². The lowest BCUT2D eigenvalue weighted by Gasteiger charge is -2.28. The molecule has 0 aliphatic heterocycles. The first-order chi connectivity index (χ1) is 7.41. The minimum Gasteiger partial charge on any atom is -0.496 e. The maximum Gasteiger partial charge on any atom is 0.232 e. The zero-order chi connectivity index (χ0) is 12.3. The molecule has 0 fully saturated rings. The molecule has 0 bridgehead atoms. The van der Waals surface area contributed by atoms with Crippen LogP contribution in [-0.2, 0) is 10.2 Å². The second-order valence-corrected chi connectivity index (χ2v) is 4.52. The number of para-hydroxylation sites is 1. The van der Waals surface area contributed by atoms with E-state index >= 15 is 0 Å². The molecule has 0 N–H and O–H groups in total. The standard InChI is InChI=1S/C13H19NO2/c1-13(2,12(15)14(3)4)10-8-6-7-9-11(10)16-5/h6-9H,1-5H3. The molecule has 1 aromatic rings. The number of hydrogen-bond donors (Lipinski definition) is 0. The van der Waals surface area contributed by atoms with Crippen LogP contribution in [0.1, 0.15) is 19.4 Å². The predicted octanol–water partition coefficient (Wildman–Crippen LogP) is 2.06. The minimum absolute atomic E-state index is 0.0667. The SMILES string of the molecule is COc1ccccc1C(C)(C)C(=O)N(C)C. The van der Waals surface area contributed by atoms with Crippen LogP contribution in [0.2, 0.25) is 0 Å². The summed E-state index contributed by atoms with van der Waals surface area (Å²) in [5.74, 6) is 0.819. The molecule has 88 valence electrons. The fraction of sp³-hybridized carbons (Fsp3) is 0.462. The summed E-state index contributed by atoms with van der Waals surface area (Å²) >= 11 is 0. The molecule has 0 radical (unpaired) electrons. The summed E-state index contributed by atoms with van der Waals surface area (Å²) in [6, 6.07) is 7.63. The molecule has 1 amide bonds.